The lowest BCUT2D eigenvalue weighted by Crippen LogP contribution is -2.52. The van der Waals surface area contributed by atoms with Crippen LogP contribution in [0.3, 0.4) is 0 Å². The van der Waals surface area contributed by atoms with E-state index in [-0.39, 0.29) is 6.42 Å². The molecule has 0 fully saturated rings. The molecule has 3 amide bonds. The van der Waals surface area contributed by atoms with Crippen LogP contribution in [0.4, 0.5) is 10.1 Å². The number of carbonyl (C=O) groups excluding carboxylic acids is 3. The molecule has 4 rings (SSSR count). The minimum atomic E-state index is -1.18. The van der Waals surface area contributed by atoms with Crippen LogP contribution < -0.4 is 15.5 Å². The predicted octanol–water partition coefficient (Wildman–Crippen LogP) is 2.83. The summed E-state index contributed by atoms with van der Waals surface area (Å²) < 4.78 is 13.4. The number of anilines is 1. The summed E-state index contributed by atoms with van der Waals surface area (Å²) in [5, 5.41) is 5.25. The molecule has 0 spiro atoms. The summed E-state index contributed by atoms with van der Waals surface area (Å²) >= 11 is 0. The average molecular weight is 473 g/mol. The molecule has 7 nitrogen and oxygen atoms in total. The van der Waals surface area contributed by atoms with Gasteiger partial charge < -0.3 is 15.5 Å². The summed E-state index contributed by atoms with van der Waals surface area (Å²) in [7, 11) is 1.63. The van der Waals surface area contributed by atoms with Gasteiger partial charge in [0, 0.05) is 18.2 Å². The van der Waals surface area contributed by atoms with Crippen LogP contribution in [0, 0.1) is 5.82 Å². The van der Waals surface area contributed by atoms with Crippen LogP contribution in [0.15, 0.2) is 83.9 Å². The number of benzene rings is 3. The zero-order valence-electron chi connectivity index (χ0n) is 19.4. The second-order valence-corrected chi connectivity index (χ2v) is 8.27. The maximum Gasteiger partial charge on any atom is 0.272 e. The van der Waals surface area contributed by atoms with E-state index < -0.39 is 35.7 Å². The number of hydrogen-bond acceptors (Lipinski definition) is 4. The third-order valence-corrected chi connectivity index (χ3v) is 5.69. The average Bonchev–Trinajstić information content (AvgIpc) is 2.95. The Morgan fingerprint density at radius 1 is 1.03 bits per heavy atom. The number of likely N-dealkylation sites (N-methyl/N-ethyl adjacent to an activating group) is 1. The first kappa shape index (κ1) is 23.8. The zero-order chi connectivity index (χ0) is 24.9. The van der Waals surface area contributed by atoms with E-state index in [9.17, 15) is 18.8 Å². The molecule has 1 aliphatic rings. The van der Waals surface area contributed by atoms with Gasteiger partial charge in [0.05, 0.1) is 17.8 Å². The van der Waals surface area contributed by atoms with E-state index in [1.165, 1.54) is 30.0 Å². The number of benzodiazepines with no additional fused rings is 1. The van der Waals surface area contributed by atoms with Gasteiger partial charge in [-0.2, -0.15) is 0 Å². The molecule has 1 aliphatic heterocycles. The fourth-order valence-electron chi connectivity index (χ4n) is 3.89. The molecular weight excluding hydrogens is 447 g/mol. The van der Waals surface area contributed by atoms with E-state index >= 15 is 0 Å². The molecule has 35 heavy (non-hydrogen) atoms. The van der Waals surface area contributed by atoms with Crippen LogP contribution in [0.5, 0.6) is 0 Å². The highest BCUT2D eigenvalue weighted by molar-refractivity contribution is 6.20. The van der Waals surface area contributed by atoms with Crippen molar-refractivity contribution >= 4 is 29.1 Å². The van der Waals surface area contributed by atoms with Crippen LogP contribution in [0.2, 0.25) is 0 Å². The fraction of sp³-hybridized carbons (Fsp3) is 0.185. The van der Waals surface area contributed by atoms with Gasteiger partial charge in [-0.05, 0) is 30.7 Å². The van der Waals surface area contributed by atoms with Gasteiger partial charge in [-0.15, -0.1) is 0 Å². The molecular formula is C27H25FN4O3. The molecule has 178 valence electrons. The first-order chi connectivity index (χ1) is 16.8. The second kappa shape index (κ2) is 10.3. The van der Waals surface area contributed by atoms with Crippen LogP contribution in [-0.2, 0) is 20.8 Å². The molecule has 0 saturated heterocycles. The molecule has 1 heterocycles. The van der Waals surface area contributed by atoms with Gasteiger partial charge in [0.2, 0.25) is 18.0 Å². The van der Waals surface area contributed by atoms with Crippen molar-refractivity contribution in [3.63, 3.8) is 0 Å². The van der Waals surface area contributed by atoms with Gasteiger partial charge in [-0.3, -0.25) is 14.4 Å². The maximum atomic E-state index is 13.4. The third-order valence-electron chi connectivity index (χ3n) is 5.69. The molecule has 0 aromatic heterocycles. The molecule has 3 aromatic rings. The summed E-state index contributed by atoms with van der Waals surface area (Å²) in [5.41, 5.74) is 3.31. The van der Waals surface area contributed by atoms with Crippen molar-refractivity contribution in [2.75, 3.05) is 11.9 Å². The van der Waals surface area contributed by atoms with Crippen LogP contribution in [0.25, 0.3) is 0 Å². The summed E-state index contributed by atoms with van der Waals surface area (Å²) in [6.07, 6.45) is -1.26. The lowest BCUT2D eigenvalue weighted by molar-refractivity contribution is -0.130. The first-order valence-electron chi connectivity index (χ1n) is 11.2. The van der Waals surface area contributed by atoms with Gasteiger partial charge in [-0.1, -0.05) is 60.7 Å². The summed E-state index contributed by atoms with van der Waals surface area (Å²) in [5.74, 6) is -1.85. The van der Waals surface area contributed by atoms with Crippen molar-refractivity contribution in [1.82, 2.24) is 10.6 Å². The van der Waals surface area contributed by atoms with Crippen molar-refractivity contribution in [1.29, 1.82) is 0 Å². The number of carbonyl (C=O) groups is 3. The highest BCUT2D eigenvalue weighted by Crippen LogP contribution is 2.27. The maximum absolute atomic E-state index is 13.4. The Bertz CT molecular complexity index is 1290. The number of hydrogen-bond donors (Lipinski definition) is 2. The number of amides is 3. The number of rotatable bonds is 6. The first-order valence-corrected chi connectivity index (χ1v) is 11.2. The molecule has 3 aromatic carbocycles. The number of fused-ring (bicyclic) bond motifs is 1. The lowest BCUT2D eigenvalue weighted by atomic mass is 10.0. The van der Waals surface area contributed by atoms with E-state index in [0.717, 1.165) is 11.1 Å². The normalized spacial score (nSPS) is 16.0. The van der Waals surface area contributed by atoms with Crippen LogP contribution in [-0.4, -0.2) is 42.7 Å². The summed E-state index contributed by atoms with van der Waals surface area (Å²) in [6.45, 7) is 1.51. The van der Waals surface area contributed by atoms with Gasteiger partial charge >= 0.3 is 0 Å². The van der Waals surface area contributed by atoms with Crippen molar-refractivity contribution in [2.45, 2.75) is 25.6 Å². The van der Waals surface area contributed by atoms with Crippen LogP contribution >= 0.6 is 0 Å². The Hall–Kier alpha value is -4.33. The van der Waals surface area contributed by atoms with Crippen molar-refractivity contribution in [3.8, 4) is 0 Å². The lowest BCUT2D eigenvalue weighted by Gasteiger charge is -2.22. The zero-order valence-corrected chi connectivity index (χ0v) is 19.4. The van der Waals surface area contributed by atoms with Crippen molar-refractivity contribution in [2.24, 2.45) is 4.99 Å². The molecule has 0 unspecified atom stereocenters. The number of aliphatic imine (C=N–C) groups is 1. The van der Waals surface area contributed by atoms with E-state index in [1.54, 1.807) is 13.1 Å². The van der Waals surface area contributed by atoms with E-state index in [0.29, 0.717) is 17.0 Å². The molecule has 0 radical (unpaired) electrons. The topological polar surface area (TPSA) is 90.9 Å². The standard InChI is InChI=1S/C27H25FN4O3/c1-17(29-23(33)16-18-9-8-12-20(28)15-18)26(34)31-25-27(35)32(2)22-14-7-6-13-21(22)24(30-25)19-10-4-3-5-11-19/h3-15,17,25H,16H2,1-2H3,(H,29,33)(H,31,34)/t17-,25+/m0/s1. The Morgan fingerprint density at radius 3 is 2.49 bits per heavy atom. The van der Waals surface area contributed by atoms with Crippen LogP contribution in [0.1, 0.15) is 23.6 Å². The van der Waals surface area contributed by atoms with E-state index in [2.05, 4.69) is 15.6 Å². The van der Waals surface area contributed by atoms with Crippen molar-refractivity contribution in [3.05, 3.63) is 101 Å². The third kappa shape index (κ3) is 5.43. The quantitative estimate of drug-likeness (QED) is 0.578. The number of nitrogens with one attached hydrogen (secondary N) is 2. The number of para-hydroxylation sites is 1. The highest BCUT2D eigenvalue weighted by Gasteiger charge is 2.32. The summed E-state index contributed by atoms with van der Waals surface area (Å²) in [6, 6.07) is 21.6. The predicted molar refractivity (Wildman–Crippen MR) is 132 cm³/mol. The largest absolute Gasteiger partial charge is 0.344 e. The molecule has 0 aliphatic carbocycles. The molecule has 8 heteroatoms. The van der Waals surface area contributed by atoms with Gasteiger partial charge in [-0.25, -0.2) is 9.38 Å². The van der Waals surface area contributed by atoms with E-state index in [4.69, 9.17) is 0 Å². The minimum absolute atomic E-state index is 0.0773. The fourth-order valence-corrected chi connectivity index (χ4v) is 3.89. The Kier molecular flexibility index (Phi) is 7.01. The Labute approximate surface area is 202 Å². The second-order valence-electron chi connectivity index (χ2n) is 8.27. The van der Waals surface area contributed by atoms with Crippen molar-refractivity contribution < 1.29 is 18.8 Å². The molecule has 2 N–H and O–H groups in total. The Morgan fingerprint density at radius 2 is 1.74 bits per heavy atom. The highest BCUT2D eigenvalue weighted by atomic mass is 19.1. The van der Waals surface area contributed by atoms with E-state index in [1.807, 2.05) is 54.6 Å². The summed E-state index contributed by atoms with van der Waals surface area (Å²) in [4.78, 5) is 44.6. The molecule has 0 bridgehead atoms. The number of halogens is 1. The van der Waals surface area contributed by atoms with Gasteiger partial charge in [0.1, 0.15) is 11.9 Å². The van der Waals surface area contributed by atoms with Gasteiger partial charge in [0.15, 0.2) is 0 Å². The number of nitrogens with zero attached hydrogens (tertiary/aromatic N) is 2. The Balaban J connectivity index is 1.54. The monoisotopic (exact) mass is 472 g/mol. The minimum Gasteiger partial charge on any atom is -0.344 e. The SMILES string of the molecule is C[C@H](NC(=O)Cc1cccc(F)c1)C(=O)N[C@H]1N=C(c2ccccc2)c2ccccc2N(C)C1=O. The molecule has 0 saturated carbocycles. The smallest absolute Gasteiger partial charge is 0.272 e. The van der Waals surface area contributed by atoms with Gasteiger partial charge in [0.25, 0.3) is 5.91 Å². The molecule has 2 atom stereocenters.